The van der Waals surface area contributed by atoms with Gasteiger partial charge in [0.05, 0.1) is 17.9 Å². The highest BCUT2D eigenvalue weighted by Gasteiger charge is 2.53. The summed E-state index contributed by atoms with van der Waals surface area (Å²) >= 11 is 0. The molecule has 1 N–H and O–H groups in total. The van der Waals surface area contributed by atoms with E-state index in [1.807, 2.05) is 24.4 Å². The summed E-state index contributed by atoms with van der Waals surface area (Å²) in [5.74, 6) is 2.47. The van der Waals surface area contributed by atoms with E-state index >= 15 is 0 Å². The third-order valence-electron chi connectivity index (χ3n) is 6.13. The van der Waals surface area contributed by atoms with Crippen LogP contribution >= 0.6 is 24.0 Å². The van der Waals surface area contributed by atoms with Gasteiger partial charge >= 0.3 is 0 Å². The van der Waals surface area contributed by atoms with Crippen LogP contribution in [0.5, 0.6) is 0 Å². The van der Waals surface area contributed by atoms with Crippen molar-refractivity contribution in [1.82, 2.24) is 19.6 Å². The zero-order valence-electron chi connectivity index (χ0n) is 15.8. The number of fused-ring (bicyclic) bond motifs is 6. The molecule has 2 aromatic heterocycles. The largest absolute Gasteiger partial charge is 0.374 e. The molecule has 5 heterocycles. The van der Waals surface area contributed by atoms with Gasteiger partial charge in [0.1, 0.15) is 5.65 Å². The van der Waals surface area contributed by atoms with Gasteiger partial charge in [-0.3, -0.25) is 4.99 Å². The molecule has 2 aromatic rings. The molecule has 4 atom stereocenters. The number of nitrogens with zero attached hydrogens (tertiary/aromatic N) is 4. The zero-order valence-corrected chi connectivity index (χ0v) is 18.1. The molecular formula is C20H28IN5O. The Morgan fingerprint density at radius 2 is 2.04 bits per heavy atom. The summed E-state index contributed by atoms with van der Waals surface area (Å²) in [7, 11) is 0. The number of halogens is 1. The molecule has 0 radical (unpaired) electrons. The Bertz CT molecular complexity index is 771. The summed E-state index contributed by atoms with van der Waals surface area (Å²) in [6, 6.07) is 6.09. The summed E-state index contributed by atoms with van der Waals surface area (Å²) in [6.45, 7) is 5.99. The molecule has 5 rings (SSSR count). The second kappa shape index (κ2) is 7.95. The molecule has 3 aliphatic rings. The third kappa shape index (κ3) is 3.55. The minimum Gasteiger partial charge on any atom is -0.374 e. The molecule has 0 amide bonds. The quantitative estimate of drug-likeness (QED) is 0.415. The number of rotatable bonds is 4. The fraction of sp³-hybridized carbons (Fsp3) is 0.600. The maximum Gasteiger partial charge on any atom is 0.193 e. The first-order valence-electron chi connectivity index (χ1n) is 9.93. The van der Waals surface area contributed by atoms with Crippen LogP contribution in [0.3, 0.4) is 0 Å². The van der Waals surface area contributed by atoms with Crippen molar-refractivity contribution in [3.05, 3.63) is 36.3 Å². The minimum absolute atomic E-state index is 0. The predicted molar refractivity (Wildman–Crippen MR) is 117 cm³/mol. The molecule has 7 heteroatoms. The zero-order chi connectivity index (χ0) is 17.5. The Balaban J connectivity index is 0.00000180. The van der Waals surface area contributed by atoms with E-state index in [0.717, 1.165) is 49.9 Å². The summed E-state index contributed by atoms with van der Waals surface area (Å²) in [4.78, 5) is 12.0. The van der Waals surface area contributed by atoms with Crippen molar-refractivity contribution in [2.45, 2.75) is 38.4 Å². The lowest BCUT2D eigenvalue weighted by Crippen LogP contribution is -2.41. The first-order chi connectivity index (χ1) is 12.8. The van der Waals surface area contributed by atoms with Gasteiger partial charge in [-0.15, -0.1) is 24.0 Å². The van der Waals surface area contributed by atoms with Gasteiger partial charge in [-0.2, -0.15) is 0 Å². The van der Waals surface area contributed by atoms with Crippen LogP contribution in [0.2, 0.25) is 0 Å². The van der Waals surface area contributed by atoms with Crippen molar-refractivity contribution in [2.24, 2.45) is 16.8 Å². The topological polar surface area (TPSA) is 54.2 Å². The highest BCUT2D eigenvalue weighted by molar-refractivity contribution is 14.0. The van der Waals surface area contributed by atoms with Crippen molar-refractivity contribution < 1.29 is 4.74 Å². The monoisotopic (exact) mass is 481 g/mol. The van der Waals surface area contributed by atoms with Gasteiger partial charge in [0.15, 0.2) is 5.96 Å². The van der Waals surface area contributed by atoms with Crippen LogP contribution in [0.4, 0.5) is 0 Å². The lowest BCUT2D eigenvalue weighted by Gasteiger charge is -2.23. The second-order valence-electron chi connectivity index (χ2n) is 7.71. The Labute approximate surface area is 177 Å². The Morgan fingerprint density at radius 3 is 2.74 bits per heavy atom. The summed E-state index contributed by atoms with van der Waals surface area (Å²) in [6.07, 6.45) is 8.51. The molecule has 0 saturated carbocycles. The van der Waals surface area contributed by atoms with Crippen molar-refractivity contribution in [3.8, 4) is 0 Å². The van der Waals surface area contributed by atoms with Gasteiger partial charge in [0.25, 0.3) is 0 Å². The van der Waals surface area contributed by atoms with Gasteiger partial charge < -0.3 is 19.4 Å². The molecule has 0 aliphatic carbocycles. The molecule has 2 bridgehead atoms. The molecule has 3 saturated heterocycles. The first kappa shape index (κ1) is 19.0. The number of aromatic nitrogens is 2. The Kier molecular flexibility index (Phi) is 5.59. The molecule has 146 valence electrons. The maximum atomic E-state index is 6.10. The van der Waals surface area contributed by atoms with Crippen LogP contribution in [-0.4, -0.2) is 58.6 Å². The van der Waals surface area contributed by atoms with Crippen LogP contribution in [0, 0.1) is 11.8 Å². The number of ether oxygens (including phenoxy) is 1. The maximum absolute atomic E-state index is 6.10. The fourth-order valence-corrected chi connectivity index (χ4v) is 4.94. The molecule has 0 spiro atoms. The number of imidazole rings is 1. The number of nitrogens with one attached hydrogen (secondary N) is 1. The number of guanidine groups is 1. The van der Waals surface area contributed by atoms with Gasteiger partial charge in [-0.05, 0) is 31.9 Å². The van der Waals surface area contributed by atoms with E-state index in [-0.39, 0.29) is 24.0 Å². The highest BCUT2D eigenvalue weighted by Crippen LogP contribution is 2.47. The van der Waals surface area contributed by atoms with E-state index in [0.29, 0.717) is 24.0 Å². The molecule has 3 fully saturated rings. The van der Waals surface area contributed by atoms with Gasteiger partial charge in [0.2, 0.25) is 0 Å². The van der Waals surface area contributed by atoms with E-state index in [1.54, 1.807) is 0 Å². The van der Waals surface area contributed by atoms with Crippen LogP contribution in [-0.2, 0) is 11.2 Å². The third-order valence-corrected chi connectivity index (χ3v) is 6.13. The van der Waals surface area contributed by atoms with Crippen molar-refractivity contribution in [2.75, 3.05) is 26.2 Å². The second-order valence-corrected chi connectivity index (χ2v) is 7.71. The standard InChI is InChI=1S/C20H27N5O.HI/c1-2-21-20(25-12-15-16(13-25)18-7-6-17(15)26-18)22-9-8-14-11-24-10-4-3-5-19(24)23-14;/h3-5,10-11,15-18H,2,6-9,12-13H2,1H3,(H,21,22);1H. The number of hydrogen-bond donors (Lipinski definition) is 1. The van der Waals surface area contributed by atoms with E-state index in [1.165, 1.54) is 12.8 Å². The SMILES string of the molecule is CCNC(=NCCc1cn2ccccc2n1)N1CC2C3CCC(O3)C2C1.I. The molecule has 27 heavy (non-hydrogen) atoms. The fourth-order valence-electron chi connectivity index (χ4n) is 4.94. The first-order valence-corrected chi connectivity index (χ1v) is 9.93. The Morgan fingerprint density at radius 1 is 1.26 bits per heavy atom. The van der Waals surface area contributed by atoms with Gasteiger partial charge in [-0.25, -0.2) is 4.98 Å². The highest BCUT2D eigenvalue weighted by atomic mass is 127. The average Bonchev–Trinajstić information content (AvgIpc) is 3.40. The lowest BCUT2D eigenvalue weighted by atomic mass is 9.82. The normalized spacial score (nSPS) is 29.2. The summed E-state index contributed by atoms with van der Waals surface area (Å²) in [5.41, 5.74) is 2.10. The van der Waals surface area contributed by atoms with Crippen molar-refractivity contribution in [1.29, 1.82) is 0 Å². The minimum atomic E-state index is 0. The van der Waals surface area contributed by atoms with Crippen LogP contribution in [0.1, 0.15) is 25.5 Å². The van der Waals surface area contributed by atoms with Crippen LogP contribution < -0.4 is 5.32 Å². The average molecular weight is 481 g/mol. The van der Waals surface area contributed by atoms with Crippen LogP contribution in [0.15, 0.2) is 35.6 Å². The van der Waals surface area contributed by atoms with Crippen molar-refractivity contribution in [3.63, 3.8) is 0 Å². The van der Waals surface area contributed by atoms with Gasteiger partial charge in [0, 0.05) is 56.8 Å². The molecular weight excluding hydrogens is 453 g/mol. The van der Waals surface area contributed by atoms with E-state index in [4.69, 9.17) is 9.73 Å². The Hall–Kier alpha value is -1.35. The molecule has 3 aliphatic heterocycles. The molecule has 0 aromatic carbocycles. The molecule has 4 unspecified atom stereocenters. The summed E-state index contributed by atoms with van der Waals surface area (Å²) in [5, 5.41) is 3.49. The van der Waals surface area contributed by atoms with E-state index in [2.05, 4.69) is 32.7 Å². The van der Waals surface area contributed by atoms with E-state index < -0.39 is 0 Å². The smallest absolute Gasteiger partial charge is 0.193 e. The van der Waals surface area contributed by atoms with Gasteiger partial charge in [-0.1, -0.05) is 6.07 Å². The number of pyridine rings is 1. The molecule has 6 nitrogen and oxygen atoms in total. The lowest BCUT2D eigenvalue weighted by molar-refractivity contribution is 0.0767. The van der Waals surface area contributed by atoms with Crippen LogP contribution in [0.25, 0.3) is 5.65 Å². The van der Waals surface area contributed by atoms with Crippen molar-refractivity contribution >= 4 is 35.6 Å². The number of aliphatic imine (C=N–C) groups is 1. The summed E-state index contributed by atoms with van der Waals surface area (Å²) < 4.78 is 8.17. The predicted octanol–water partition coefficient (Wildman–Crippen LogP) is 2.57. The number of likely N-dealkylation sites (tertiary alicyclic amines) is 1. The number of hydrogen-bond acceptors (Lipinski definition) is 3. The van der Waals surface area contributed by atoms with E-state index in [9.17, 15) is 0 Å².